The lowest BCUT2D eigenvalue weighted by Gasteiger charge is -2.30. The molecule has 0 saturated carbocycles. The van der Waals surface area contributed by atoms with Crippen LogP contribution >= 0.6 is 11.6 Å². The molecule has 2 atom stereocenters. The highest BCUT2D eigenvalue weighted by atomic mass is 35.5. The van der Waals surface area contributed by atoms with Crippen molar-refractivity contribution in [2.45, 2.75) is 51.0 Å². The van der Waals surface area contributed by atoms with Gasteiger partial charge < -0.3 is 15.1 Å². The maximum atomic E-state index is 13.3. The molecular formula is C21H30ClN3O2. The minimum absolute atomic E-state index is 0.00246. The molecule has 0 bridgehead atoms. The molecule has 0 radical (unpaired) electrons. The third-order valence-electron chi connectivity index (χ3n) is 6.13. The van der Waals surface area contributed by atoms with Crippen molar-refractivity contribution in [3.63, 3.8) is 0 Å². The van der Waals surface area contributed by atoms with E-state index in [9.17, 15) is 9.59 Å². The van der Waals surface area contributed by atoms with Gasteiger partial charge in [-0.1, -0.05) is 43.6 Å². The fraction of sp³-hybridized carbons (Fsp3) is 0.619. The molecule has 1 N–H and O–H groups in total. The molecule has 3 rings (SSSR count). The number of amides is 2. The molecule has 0 aromatic heterocycles. The second-order valence-corrected chi connectivity index (χ2v) is 8.02. The average Bonchev–Trinajstić information content (AvgIpc) is 3.22. The average molecular weight is 392 g/mol. The number of carbonyl (C=O) groups excluding carboxylic acids is 2. The highest BCUT2D eigenvalue weighted by Gasteiger charge is 2.54. The minimum Gasteiger partial charge on any atom is -0.355 e. The predicted molar refractivity (Wildman–Crippen MR) is 108 cm³/mol. The lowest BCUT2D eigenvalue weighted by molar-refractivity contribution is -0.129. The van der Waals surface area contributed by atoms with E-state index >= 15 is 0 Å². The molecule has 2 heterocycles. The number of benzene rings is 1. The van der Waals surface area contributed by atoms with Crippen LogP contribution in [0.15, 0.2) is 24.3 Å². The number of hydrogen-bond donors (Lipinski definition) is 1. The van der Waals surface area contributed by atoms with Crippen LogP contribution in [0.1, 0.15) is 45.1 Å². The van der Waals surface area contributed by atoms with Gasteiger partial charge in [-0.25, -0.2) is 0 Å². The van der Waals surface area contributed by atoms with Crippen molar-refractivity contribution in [2.75, 3.05) is 32.7 Å². The first-order valence-electron chi connectivity index (χ1n) is 10.1. The second-order valence-electron chi connectivity index (χ2n) is 7.62. The number of carbonyl (C=O) groups is 2. The van der Waals surface area contributed by atoms with Gasteiger partial charge in [-0.05, 0) is 50.5 Å². The SMILES string of the molecule is CCN(CC)CCCNC(=O)[C@@]1(c2ccccc2Cl)C[C@@H]2CCC(=O)N2C1. The van der Waals surface area contributed by atoms with Gasteiger partial charge in [-0.3, -0.25) is 9.59 Å². The number of halogens is 1. The fourth-order valence-electron chi connectivity index (χ4n) is 4.53. The Hall–Kier alpha value is -1.59. The lowest BCUT2D eigenvalue weighted by atomic mass is 9.76. The van der Waals surface area contributed by atoms with Crippen LogP contribution < -0.4 is 5.32 Å². The topological polar surface area (TPSA) is 52.7 Å². The summed E-state index contributed by atoms with van der Waals surface area (Å²) in [6, 6.07) is 7.71. The van der Waals surface area contributed by atoms with E-state index in [1.165, 1.54) is 0 Å². The van der Waals surface area contributed by atoms with Gasteiger partial charge in [0.15, 0.2) is 0 Å². The zero-order valence-corrected chi connectivity index (χ0v) is 17.1. The zero-order chi connectivity index (χ0) is 19.4. The Bertz CT molecular complexity index is 692. The third kappa shape index (κ3) is 3.99. The van der Waals surface area contributed by atoms with Gasteiger partial charge in [0.05, 0.1) is 5.41 Å². The van der Waals surface area contributed by atoms with Crippen molar-refractivity contribution in [1.29, 1.82) is 0 Å². The Balaban J connectivity index is 1.74. The van der Waals surface area contributed by atoms with Crippen molar-refractivity contribution in [1.82, 2.24) is 15.1 Å². The van der Waals surface area contributed by atoms with Crippen LogP contribution in [0.5, 0.6) is 0 Å². The minimum atomic E-state index is -0.742. The number of nitrogens with one attached hydrogen (secondary N) is 1. The molecule has 2 fully saturated rings. The summed E-state index contributed by atoms with van der Waals surface area (Å²) in [7, 11) is 0. The summed E-state index contributed by atoms with van der Waals surface area (Å²) < 4.78 is 0. The summed E-state index contributed by atoms with van der Waals surface area (Å²) in [6.45, 7) is 8.38. The van der Waals surface area contributed by atoms with E-state index < -0.39 is 5.41 Å². The van der Waals surface area contributed by atoms with Crippen molar-refractivity contribution in [3.05, 3.63) is 34.9 Å². The van der Waals surface area contributed by atoms with Crippen molar-refractivity contribution < 1.29 is 9.59 Å². The third-order valence-corrected chi connectivity index (χ3v) is 6.46. The molecule has 2 amide bonds. The van der Waals surface area contributed by atoms with E-state index in [4.69, 9.17) is 11.6 Å². The molecule has 27 heavy (non-hydrogen) atoms. The van der Waals surface area contributed by atoms with Crippen LogP contribution in [0.3, 0.4) is 0 Å². The van der Waals surface area contributed by atoms with Crippen molar-refractivity contribution in [3.8, 4) is 0 Å². The van der Waals surface area contributed by atoms with Crippen LogP contribution in [0.25, 0.3) is 0 Å². The van der Waals surface area contributed by atoms with E-state index in [1.54, 1.807) is 0 Å². The van der Waals surface area contributed by atoms with Crippen LogP contribution in [0, 0.1) is 0 Å². The maximum Gasteiger partial charge on any atom is 0.232 e. The number of fused-ring (bicyclic) bond motifs is 1. The summed E-state index contributed by atoms with van der Waals surface area (Å²) in [6.07, 6.45) is 3.00. The summed E-state index contributed by atoms with van der Waals surface area (Å²) in [5.74, 6) is 0.153. The second kappa shape index (κ2) is 8.61. The van der Waals surface area contributed by atoms with Crippen molar-refractivity contribution in [2.24, 2.45) is 0 Å². The first-order valence-corrected chi connectivity index (χ1v) is 10.4. The van der Waals surface area contributed by atoms with Gasteiger partial charge in [0, 0.05) is 30.6 Å². The molecule has 0 unspecified atom stereocenters. The smallest absolute Gasteiger partial charge is 0.232 e. The predicted octanol–water partition coefficient (Wildman–Crippen LogP) is 2.82. The normalized spacial score (nSPS) is 24.5. The standard InChI is InChI=1S/C21H30ClN3O2/c1-3-24(4-2)13-7-12-23-20(27)21(17-8-5-6-9-18(17)22)14-16-10-11-19(26)25(16)15-21/h5-6,8-9,16H,3-4,7,10-15H2,1-2H3,(H,23,27)/t16-,21-/m0/s1. The Morgan fingerprint density at radius 1 is 1.33 bits per heavy atom. The first kappa shape index (κ1) is 20.2. The summed E-state index contributed by atoms with van der Waals surface area (Å²) in [4.78, 5) is 29.8. The number of nitrogens with zero attached hydrogens (tertiary/aromatic N) is 2. The largest absolute Gasteiger partial charge is 0.355 e. The number of rotatable bonds is 8. The summed E-state index contributed by atoms with van der Waals surface area (Å²) in [5.41, 5.74) is 0.101. The molecule has 1 aromatic carbocycles. The van der Waals surface area contributed by atoms with Crippen molar-refractivity contribution >= 4 is 23.4 Å². The molecule has 0 spiro atoms. The highest BCUT2D eigenvalue weighted by molar-refractivity contribution is 6.31. The maximum absolute atomic E-state index is 13.3. The summed E-state index contributed by atoms with van der Waals surface area (Å²) >= 11 is 6.48. The zero-order valence-electron chi connectivity index (χ0n) is 16.3. The Labute approximate surface area is 167 Å². The van der Waals surface area contributed by atoms with Gasteiger partial charge >= 0.3 is 0 Å². The molecule has 2 saturated heterocycles. The van der Waals surface area contributed by atoms with Crippen LogP contribution in [0.2, 0.25) is 5.02 Å². The van der Waals surface area contributed by atoms with E-state index in [0.717, 1.165) is 38.0 Å². The van der Waals surface area contributed by atoms with Gasteiger partial charge in [0.1, 0.15) is 0 Å². The van der Waals surface area contributed by atoms with Gasteiger partial charge in [-0.2, -0.15) is 0 Å². The summed E-state index contributed by atoms with van der Waals surface area (Å²) in [5, 5.41) is 3.74. The Morgan fingerprint density at radius 2 is 2.07 bits per heavy atom. The lowest BCUT2D eigenvalue weighted by Crippen LogP contribution is -2.47. The molecule has 1 aromatic rings. The quantitative estimate of drug-likeness (QED) is 0.693. The molecule has 5 nitrogen and oxygen atoms in total. The van der Waals surface area contributed by atoms with E-state index in [-0.39, 0.29) is 17.9 Å². The molecular weight excluding hydrogens is 362 g/mol. The highest BCUT2D eigenvalue weighted by Crippen LogP contribution is 2.45. The number of hydrogen-bond acceptors (Lipinski definition) is 3. The van der Waals surface area contributed by atoms with E-state index in [0.29, 0.717) is 31.0 Å². The fourth-order valence-corrected chi connectivity index (χ4v) is 4.84. The molecule has 148 valence electrons. The van der Waals surface area contributed by atoms with Crippen LogP contribution in [0.4, 0.5) is 0 Å². The first-order chi connectivity index (χ1) is 13.0. The Kier molecular flexibility index (Phi) is 6.43. The van der Waals surface area contributed by atoms with Gasteiger partial charge in [-0.15, -0.1) is 0 Å². The van der Waals surface area contributed by atoms with Crippen LogP contribution in [-0.2, 0) is 15.0 Å². The molecule has 2 aliphatic rings. The van der Waals surface area contributed by atoms with Gasteiger partial charge in [0.25, 0.3) is 0 Å². The Morgan fingerprint density at radius 3 is 2.74 bits per heavy atom. The molecule has 0 aliphatic carbocycles. The molecule has 2 aliphatic heterocycles. The molecule has 6 heteroatoms. The van der Waals surface area contributed by atoms with E-state index in [2.05, 4.69) is 24.1 Å². The van der Waals surface area contributed by atoms with Crippen LogP contribution in [-0.4, -0.2) is 60.4 Å². The monoisotopic (exact) mass is 391 g/mol. The van der Waals surface area contributed by atoms with Gasteiger partial charge in [0.2, 0.25) is 11.8 Å². The van der Waals surface area contributed by atoms with E-state index in [1.807, 2.05) is 29.2 Å².